The van der Waals surface area contributed by atoms with Crippen LogP contribution in [-0.4, -0.2) is 78.4 Å². The lowest BCUT2D eigenvalue weighted by molar-refractivity contribution is 0.0747. The summed E-state index contributed by atoms with van der Waals surface area (Å²) in [7, 11) is 0. The van der Waals surface area contributed by atoms with Gasteiger partial charge in [0.2, 0.25) is 0 Å². The van der Waals surface area contributed by atoms with Crippen LogP contribution < -0.4 is 4.90 Å². The molecular formula is C26H38N4OS. The third kappa shape index (κ3) is 4.60. The zero-order chi connectivity index (χ0) is 22.1. The van der Waals surface area contributed by atoms with Crippen LogP contribution in [0.25, 0.3) is 11.3 Å². The number of nitrogens with zero attached hydrogens (tertiary/aromatic N) is 4. The molecule has 0 radical (unpaired) electrons. The van der Waals surface area contributed by atoms with E-state index in [4.69, 9.17) is 10.1 Å². The van der Waals surface area contributed by atoms with Gasteiger partial charge in [-0.15, -0.1) is 11.3 Å². The van der Waals surface area contributed by atoms with Gasteiger partial charge in [-0.2, -0.15) is 0 Å². The summed E-state index contributed by atoms with van der Waals surface area (Å²) in [6.07, 6.45) is 6.22. The molecule has 0 unspecified atom stereocenters. The minimum atomic E-state index is 0.275. The summed E-state index contributed by atoms with van der Waals surface area (Å²) in [5.41, 5.74) is 5.77. The third-order valence-electron chi connectivity index (χ3n) is 7.94. The van der Waals surface area contributed by atoms with Crippen molar-refractivity contribution in [3.05, 3.63) is 34.7 Å². The SMILES string of the molecule is CC1(C)CCCc2cc(-c3csc(N4CCC(N5CCN(CCO)CC5)CC4)n3)ccc21. The maximum atomic E-state index is 9.15. The summed E-state index contributed by atoms with van der Waals surface area (Å²) in [5.74, 6) is 0. The largest absolute Gasteiger partial charge is 0.395 e. The average Bonchev–Trinajstić information content (AvgIpc) is 3.30. The number of aliphatic hydroxyl groups is 1. The number of hydrogen-bond donors (Lipinski definition) is 1. The van der Waals surface area contributed by atoms with E-state index in [2.05, 4.69) is 52.1 Å². The van der Waals surface area contributed by atoms with Crippen molar-refractivity contribution < 1.29 is 5.11 Å². The lowest BCUT2D eigenvalue weighted by Gasteiger charge is -2.42. The number of aliphatic hydroxyl groups excluding tert-OH is 1. The van der Waals surface area contributed by atoms with Gasteiger partial charge in [-0.05, 0) is 54.7 Å². The zero-order valence-corrected chi connectivity index (χ0v) is 20.5. The van der Waals surface area contributed by atoms with Crippen molar-refractivity contribution in [2.24, 2.45) is 0 Å². The molecule has 174 valence electrons. The van der Waals surface area contributed by atoms with E-state index in [1.165, 1.54) is 53.9 Å². The predicted molar refractivity (Wildman–Crippen MR) is 134 cm³/mol. The number of fused-ring (bicyclic) bond motifs is 1. The van der Waals surface area contributed by atoms with E-state index in [1.807, 2.05) is 0 Å². The molecule has 2 aliphatic heterocycles. The van der Waals surface area contributed by atoms with Gasteiger partial charge in [0.05, 0.1) is 12.3 Å². The second kappa shape index (κ2) is 9.41. The van der Waals surface area contributed by atoms with Crippen LogP contribution in [0.5, 0.6) is 0 Å². The molecule has 6 heteroatoms. The van der Waals surface area contributed by atoms with Gasteiger partial charge in [-0.3, -0.25) is 9.80 Å². The van der Waals surface area contributed by atoms with Crippen molar-refractivity contribution in [1.82, 2.24) is 14.8 Å². The van der Waals surface area contributed by atoms with E-state index in [0.717, 1.165) is 51.5 Å². The Morgan fingerprint density at radius 2 is 1.88 bits per heavy atom. The molecule has 2 saturated heterocycles. The first-order valence-electron chi connectivity index (χ1n) is 12.4. The molecule has 2 aromatic rings. The summed E-state index contributed by atoms with van der Waals surface area (Å²) in [5, 5.41) is 12.6. The van der Waals surface area contributed by atoms with Crippen molar-refractivity contribution in [3.8, 4) is 11.3 Å². The highest BCUT2D eigenvalue weighted by atomic mass is 32.1. The number of β-amino-alcohol motifs (C(OH)–C–C–N with tert-alkyl or cyclic N) is 1. The van der Waals surface area contributed by atoms with Crippen LogP contribution >= 0.6 is 11.3 Å². The van der Waals surface area contributed by atoms with Crippen molar-refractivity contribution >= 4 is 16.5 Å². The lowest BCUT2D eigenvalue weighted by atomic mass is 9.72. The molecule has 32 heavy (non-hydrogen) atoms. The number of aromatic nitrogens is 1. The van der Waals surface area contributed by atoms with Gasteiger partial charge < -0.3 is 10.0 Å². The van der Waals surface area contributed by atoms with Crippen LogP contribution in [0.1, 0.15) is 50.7 Å². The highest BCUT2D eigenvalue weighted by molar-refractivity contribution is 7.14. The molecule has 2 fully saturated rings. The van der Waals surface area contributed by atoms with E-state index in [-0.39, 0.29) is 6.61 Å². The minimum absolute atomic E-state index is 0.275. The standard InChI is InChI=1S/C26H38N4OS/c1-26(2)9-3-4-20-18-21(5-6-23(20)26)24-19-32-25(27-24)30-10-7-22(8-11-30)29-14-12-28(13-15-29)16-17-31/h5-6,18-19,22,31H,3-4,7-17H2,1-2H3. The molecular weight excluding hydrogens is 416 g/mol. The molecule has 1 aromatic heterocycles. The Labute approximate surface area is 197 Å². The summed E-state index contributed by atoms with van der Waals surface area (Å²) < 4.78 is 0. The van der Waals surface area contributed by atoms with E-state index < -0.39 is 0 Å². The Balaban J connectivity index is 1.19. The maximum absolute atomic E-state index is 9.15. The molecule has 1 aliphatic carbocycles. The second-order valence-corrected chi connectivity index (χ2v) is 11.3. The first-order valence-corrected chi connectivity index (χ1v) is 13.3. The number of benzene rings is 1. The monoisotopic (exact) mass is 454 g/mol. The number of thiazole rings is 1. The molecule has 3 aliphatic rings. The molecule has 1 N–H and O–H groups in total. The summed E-state index contributed by atoms with van der Waals surface area (Å²) in [6.45, 7) is 12.5. The fourth-order valence-electron chi connectivity index (χ4n) is 5.93. The molecule has 0 saturated carbocycles. The van der Waals surface area contributed by atoms with Crippen molar-refractivity contribution in [2.45, 2.75) is 57.4 Å². The van der Waals surface area contributed by atoms with Crippen LogP contribution in [-0.2, 0) is 11.8 Å². The Bertz CT molecular complexity index is 910. The molecule has 5 nitrogen and oxygen atoms in total. The van der Waals surface area contributed by atoms with E-state index in [0.29, 0.717) is 11.5 Å². The Kier molecular flexibility index (Phi) is 6.57. The van der Waals surface area contributed by atoms with Crippen molar-refractivity contribution in [1.29, 1.82) is 0 Å². The number of piperidine rings is 1. The van der Waals surface area contributed by atoms with Gasteiger partial charge in [0.25, 0.3) is 0 Å². The normalized spacial score (nSPS) is 22.8. The van der Waals surface area contributed by atoms with Gasteiger partial charge in [0.15, 0.2) is 5.13 Å². The van der Waals surface area contributed by atoms with E-state index in [9.17, 15) is 0 Å². The highest BCUT2D eigenvalue weighted by Gasteiger charge is 2.29. The van der Waals surface area contributed by atoms with Gasteiger partial charge in [0, 0.05) is 62.8 Å². The molecule has 5 rings (SSSR count). The maximum Gasteiger partial charge on any atom is 0.185 e. The predicted octanol–water partition coefficient (Wildman–Crippen LogP) is 4.00. The Hall–Kier alpha value is -1.47. The fourth-order valence-corrected chi connectivity index (χ4v) is 6.82. The minimum Gasteiger partial charge on any atom is -0.395 e. The summed E-state index contributed by atoms with van der Waals surface area (Å²) in [6, 6.07) is 7.74. The van der Waals surface area contributed by atoms with E-state index >= 15 is 0 Å². The smallest absolute Gasteiger partial charge is 0.185 e. The summed E-state index contributed by atoms with van der Waals surface area (Å²) >= 11 is 1.80. The van der Waals surface area contributed by atoms with Gasteiger partial charge in [-0.25, -0.2) is 4.98 Å². The number of piperazine rings is 1. The molecule has 0 atom stereocenters. The topological polar surface area (TPSA) is 42.8 Å². The molecule has 0 amide bonds. The van der Waals surface area contributed by atoms with Gasteiger partial charge >= 0.3 is 0 Å². The second-order valence-electron chi connectivity index (χ2n) is 10.4. The first-order chi connectivity index (χ1) is 15.5. The Morgan fingerprint density at radius 3 is 2.62 bits per heavy atom. The van der Waals surface area contributed by atoms with Crippen LogP contribution in [0.3, 0.4) is 0 Å². The zero-order valence-electron chi connectivity index (χ0n) is 19.7. The quantitative estimate of drug-likeness (QED) is 0.740. The summed E-state index contributed by atoms with van der Waals surface area (Å²) in [4.78, 5) is 12.6. The molecule has 0 bridgehead atoms. The number of rotatable bonds is 5. The van der Waals surface area contributed by atoms with Crippen LogP contribution in [0.4, 0.5) is 5.13 Å². The molecule has 0 spiro atoms. The fraction of sp³-hybridized carbons (Fsp3) is 0.654. The highest BCUT2D eigenvalue weighted by Crippen LogP contribution is 2.39. The average molecular weight is 455 g/mol. The number of anilines is 1. The van der Waals surface area contributed by atoms with E-state index in [1.54, 1.807) is 11.3 Å². The van der Waals surface area contributed by atoms with Crippen molar-refractivity contribution in [2.75, 3.05) is 57.3 Å². The first kappa shape index (κ1) is 22.3. The van der Waals surface area contributed by atoms with Crippen LogP contribution in [0, 0.1) is 0 Å². The van der Waals surface area contributed by atoms with Gasteiger partial charge in [-0.1, -0.05) is 26.0 Å². The third-order valence-corrected chi connectivity index (χ3v) is 8.85. The van der Waals surface area contributed by atoms with Crippen LogP contribution in [0.2, 0.25) is 0 Å². The lowest BCUT2D eigenvalue weighted by Crippen LogP contribution is -2.53. The van der Waals surface area contributed by atoms with Crippen LogP contribution in [0.15, 0.2) is 23.6 Å². The number of aryl methyl sites for hydroxylation is 1. The van der Waals surface area contributed by atoms with Crippen molar-refractivity contribution in [3.63, 3.8) is 0 Å². The van der Waals surface area contributed by atoms with Gasteiger partial charge in [0.1, 0.15) is 0 Å². The molecule has 1 aromatic carbocycles. The number of hydrogen-bond acceptors (Lipinski definition) is 6. The Morgan fingerprint density at radius 1 is 1.09 bits per heavy atom. The molecule has 3 heterocycles.